The van der Waals surface area contributed by atoms with Crippen molar-refractivity contribution in [3.8, 4) is 5.75 Å². The van der Waals surface area contributed by atoms with Crippen LogP contribution in [0.5, 0.6) is 5.75 Å². The van der Waals surface area contributed by atoms with E-state index < -0.39 is 17.7 Å². The number of Topliss-reactive ketones (excluding diaryl/α,β-unsaturated/α-hetero) is 1. The fourth-order valence-corrected chi connectivity index (χ4v) is 3.89. The maximum Gasteiger partial charge on any atom is 0.295 e. The summed E-state index contributed by atoms with van der Waals surface area (Å²) in [4.78, 5) is 27.4. The summed E-state index contributed by atoms with van der Waals surface area (Å²) in [6.07, 6.45) is 0.489. The summed E-state index contributed by atoms with van der Waals surface area (Å²) in [6.45, 7) is 0.272. The van der Waals surface area contributed by atoms with Crippen molar-refractivity contribution in [3.63, 3.8) is 0 Å². The molecule has 0 bridgehead atoms. The first kappa shape index (κ1) is 20.7. The van der Waals surface area contributed by atoms with Gasteiger partial charge in [-0.2, -0.15) is 0 Å². The van der Waals surface area contributed by atoms with Crippen molar-refractivity contribution in [2.24, 2.45) is 0 Å². The molecule has 1 atom stereocenters. The second-order valence-electron chi connectivity index (χ2n) is 7.33. The maximum atomic E-state index is 13.0. The van der Waals surface area contributed by atoms with Crippen molar-refractivity contribution in [2.75, 3.05) is 6.54 Å². The van der Waals surface area contributed by atoms with Crippen LogP contribution in [0.4, 0.5) is 0 Å². The summed E-state index contributed by atoms with van der Waals surface area (Å²) in [5, 5.41) is 21.0. The van der Waals surface area contributed by atoms with Crippen LogP contribution in [-0.2, 0) is 16.0 Å². The highest BCUT2D eigenvalue weighted by molar-refractivity contribution is 6.46. The Bertz CT molecular complexity index is 1140. The standard InChI is InChI=1S/C25H20ClNO4/c26-19-10-8-17(9-11-19)22-21(23(29)18-4-2-1-3-5-18)24(30)25(31)27(22)15-14-16-6-12-20(28)13-7-16/h1-13,22,28-29H,14-15H2/b23-21-. The lowest BCUT2D eigenvalue weighted by Crippen LogP contribution is -2.31. The second kappa shape index (κ2) is 8.66. The Morgan fingerprint density at radius 1 is 0.903 bits per heavy atom. The molecule has 5 nitrogen and oxygen atoms in total. The highest BCUT2D eigenvalue weighted by Crippen LogP contribution is 2.39. The Hall–Kier alpha value is -3.57. The molecule has 1 unspecified atom stereocenters. The van der Waals surface area contributed by atoms with Gasteiger partial charge in [0.15, 0.2) is 0 Å². The van der Waals surface area contributed by atoms with E-state index >= 15 is 0 Å². The van der Waals surface area contributed by atoms with Crippen molar-refractivity contribution in [2.45, 2.75) is 12.5 Å². The molecular formula is C25H20ClNO4. The lowest BCUT2D eigenvalue weighted by atomic mass is 9.95. The Labute approximate surface area is 184 Å². The van der Waals surface area contributed by atoms with Gasteiger partial charge in [0.25, 0.3) is 11.7 Å². The number of amides is 1. The predicted molar refractivity (Wildman–Crippen MR) is 119 cm³/mol. The van der Waals surface area contributed by atoms with E-state index in [-0.39, 0.29) is 23.6 Å². The van der Waals surface area contributed by atoms with Gasteiger partial charge in [-0.15, -0.1) is 0 Å². The number of likely N-dealkylation sites (tertiary alicyclic amines) is 1. The molecule has 0 aliphatic carbocycles. The van der Waals surface area contributed by atoms with Crippen LogP contribution in [-0.4, -0.2) is 33.3 Å². The molecule has 6 heteroatoms. The minimum atomic E-state index is -0.727. The molecule has 0 aromatic heterocycles. The molecule has 1 fully saturated rings. The molecule has 1 aliphatic rings. The quantitative estimate of drug-likeness (QED) is 0.347. The SMILES string of the molecule is O=C1C(=O)N(CCc2ccc(O)cc2)C(c2ccc(Cl)cc2)/C1=C(/O)c1ccccc1. The minimum Gasteiger partial charge on any atom is -0.508 e. The molecule has 156 valence electrons. The molecule has 0 radical (unpaired) electrons. The number of aliphatic hydroxyl groups is 1. The summed E-state index contributed by atoms with van der Waals surface area (Å²) in [6, 6.07) is 21.6. The smallest absolute Gasteiger partial charge is 0.295 e. The van der Waals surface area contributed by atoms with Crippen LogP contribution < -0.4 is 0 Å². The van der Waals surface area contributed by atoms with Crippen molar-refractivity contribution in [3.05, 3.63) is 106 Å². The number of aromatic hydroxyl groups is 1. The van der Waals surface area contributed by atoms with E-state index in [1.54, 1.807) is 72.8 Å². The molecule has 1 amide bonds. The summed E-state index contributed by atoms with van der Waals surface area (Å²) >= 11 is 6.03. The Kier molecular flexibility index (Phi) is 5.78. The van der Waals surface area contributed by atoms with E-state index in [4.69, 9.17) is 11.6 Å². The third kappa shape index (κ3) is 4.18. The largest absolute Gasteiger partial charge is 0.508 e. The molecule has 0 spiro atoms. The first-order chi connectivity index (χ1) is 15.0. The number of aliphatic hydroxyl groups excluding tert-OH is 1. The maximum absolute atomic E-state index is 13.0. The Morgan fingerprint density at radius 2 is 1.55 bits per heavy atom. The van der Waals surface area contributed by atoms with E-state index in [1.165, 1.54) is 4.90 Å². The number of halogens is 1. The monoisotopic (exact) mass is 433 g/mol. The first-order valence-corrected chi connectivity index (χ1v) is 10.2. The lowest BCUT2D eigenvalue weighted by Gasteiger charge is -2.25. The van der Waals surface area contributed by atoms with Gasteiger partial charge < -0.3 is 15.1 Å². The number of benzene rings is 3. The van der Waals surface area contributed by atoms with Crippen LogP contribution in [0.2, 0.25) is 5.02 Å². The average molecular weight is 434 g/mol. The second-order valence-corrected chi connectivity index (χ2v) is 7.76. The molecule has 1 heterocycles. The predicted octanol–water partition coefficient (Wildman–Crippen LogP) is 4.71. The van der Waals surface area contributed by atoms with Crippen LogP contribution >= 0.6 is 11.6 Å². The van der Waals surface area contributed by atoms with E-state index in [9.17, 15) is 19.8 Å². The topological polar surface area (TPSA) is 77.8 Å². The number of ketones is 1. The van der Waals surface area contributed by atoms with Crippen LogP contribution in [0.1, 0.15) is 22.7 Å². The molecule has 4 rings (SSSR count). The van der Waals surface area contributed by atoms with Crippen LogP contribution in [0.3, 0.4) is 0 Å². The highest BCUT2D eigenvalue weighted by Gasteiger charge is 2.45. The van der Waals surface area contributed by atoms with Gasteiger partial charge in [0.05, 0.1) is 11.6 Å². The number of hydrogen-bond donors (Lipinski definition) is 2. The molecule has 0 saturated carbocycles. The molecular weight excluding hydrogens is 414 g/mol. The first-order valence-electron chi connectivity index (χ1n) is 9.83. The van der Waals surface area contributed by atoms with Gasteiger partial charge in [0, 0.05) is 17.1 Å². The van der Waals surface area contributed by atoms with Gasteiger partial charge in [-0.25, -0.2) is 0 Å². The van der Waals surface area contributed by atoms with Crippen molar-refractivity contribution in [1.82, 2.24) is 4.90 Å². The van der Waals surface area contributed by atoms with Gasteiger partial charge in [-0.1, -0.05) is 66.2 Å². The molecule has 3 aromatic carbocycles. The van der Waals surface area contributed by atoms with Crippen molar-refractivity contribution < 1.29 is 19.8 Å². The Morgan fingerprint density at radius 3 is 2.19 bits per heavy atom. The van der Waals surface area contributed by atoms with Gasteiger partial charge in [-0.3, -0.25) is 9.59 Å². The number of hydrogen-bond acceptors (Lipinski definition) is 4. The molecule has 1 saturated heterocycles. The average Bonchev–Trinajstić information content (AvgIpc) is 3.04. The fraction of sp³-hybridized carbons (Fsp3) is 0.120. The van der Waals surface area contributed by atoms with Gasteiger partial charge in [0.1, 0.15) is 11.5 Å². The summed E-state index contributed by atoms with van der Waals surface area (Å²) in [5.74, 6) is -1.41. The normalized spacial score (nSPS) is 17.8. The summed E-state index contributed by atoms with van der Waals surface area (Å²) in [5.41, 5.74) is 2.13. The van der Waals surface area contributed by atoms with Gasteiger partial charge in [-0.05, 0) is 41.8 Å². The van der Waals surface area contributed by atoms with Crippen LogP contribution in [0.25, 0.3) is 5.76 Å². The number of phenols is 1. The Balaban J connectivity index is 1.75. The van der Waals surface area contributed by atoms with E-state index in [0.717, 1.165) is 5.56 Å². The number of carbonyl (C=O) groups excluding carboxylic acids is 2. The van der Waals surface area contributed by atoms with Gasteiger partial charge >= 0.3 is 0 Å². The minimum absolute atomic E-state index is 0.0595. The third-order valence-electron chi connectivity index (χ3n) is 5.35. The number of rotatable bonds is 5. The molecule has 3 aromatic rings. The molecule has 2 N–H and O–H groups in total. The molecule has 1 aliphatic heterocycles. The van der Waals surface area contributed by atoms with E-state index in [0.29, 0.717) is 22.6 Å². The number of nitrogens with zero attached hydrogens (tertiary/aromatic N) is 1. The number of carbonyl (C=O) groups is 2. The van der Waals surface area contributed by atoms with Crippen molar-refractivity contribution >= 4 is 29.1 Å². The van der Waals surface area contributed by atoms with E-state index in [1.807, 2.05) is 6.07 Å². The summed E-state index contributed by atoms with van der Waals surface area (Å²) < 4.78 is 0. The zero-order valence-electron chi connectivity index (χ0n) is 16.5. The van der Waals surface area contributed by atoms with Crippen LogP contribution in [0, 0.1) is 0 Å². The zero-order chi connectivity index (χ0) is 22.0. The summed E-state index contributed by atoms with van der Waals surface area (Å²) in [7, 11) is 0. The third-order valence-corrected chi connectivity index (χ3v) is 5.60. The van der Waals surface area contributed by atoms with Crippen molar-refractivity contribution in [1.29, 1.82) is 0 Å². The zero-order valence-corrected chi connectivity index (χ0v) is 17.3. The fourth-order valence-electron chi connectivity index (χ4n) is 3.77. The number of phenolic OH excluding ortho intramolecular Hbond substituents is 1. The van der Waals surface area contributed by atoms with Crippen LogP contribution in [0.15, 0.2) is 84.4 Å². The van der Waals surface area contributed by atoms with Gasteiger partial charge in [0.2, 0.25) is 0 Å². The lowest BCUT2D eigenvalue weighted by molar-refractivity contribution is -0.139. The van der Waals surface area contributed by atoms with E-state index in [2.05, 4.69) is 0 Å². The highest BCUT2D eigenvalue weighted by atomic mass is 35.5. The molecule has 31 heavy (non-hydrogen) atoms.